The largest absolute Gasteiger partial charge is 0.444 e. The second kappa shape index (κ2) is 8.10. The Morgan fingerprint density at radius 1 is 1.00 bits per heavy atom. The van der Waals surface area contributed by atoms with Crippen LogP contribution in [-0.2, 0) is 4.74 Å². The molecule has 4 rings (SSSR count). The van der Waals surface area contributed by atoms with Crippen molar-refractivity contribution in [3.63, 3.8) is 0 Å². The van der Waals surface area contributed by atoms with Gasteiger partial charge in [-0.05, 0) is 127 Å². The summed E-state index contributed by atoms with van der Waals surface area (Å²) in [7, 11) is 0. The van der Waals surface area contributed by atoms with E-state index in [2.05, 4.69) is 38.7 Å². The van der Waals surface area contributed by atoms with Crippen LogP contribution in [0.15, 0.2) is 6.07 Å². The first-order chi connectivity index (χ1) is 14.5. The van der Waals surface area contributed by atoms with E-state index in [0.717, 1.165) is 13.1 Å². The van der Waals surface area contributed by atoms with Crippen LogP contribution in [0.1, 0.15) is 86.6 Å². The molecule has 1 atom stereocenters. The number of amides is 1. The van der Waals surface area contributed by atoms with Gasteiger partial charge in [0.2, 0.25) is 0 Å². The van der Waals surface area contributed by atoms with Gasteiger partial charge in [0, 0.05) is 24.5 Å². The molecule has 172 valence electrons. The van der Waals surface area contributed by atoms with Gasteiger partial charge >= 0.3 is 6.09 Å². The molecule has 1 aromatic rings. The van der Waals surface area contributed by atoms with Crippen LogP contribution in [-0.4, -0.2) is 53.7 Å². The molecule has 31 heavy (non-hydrogen) atoms. The monoisotopic (exact) mass is 426 g/mol. The van der Waals surface area contributed by atoms with Gasteiger partial charge in [-0.3, -0.25) is 0 Å². The minimum atomic E-state index is -0.407. The van der Waals surface area contributed by atoms with E-state index in [1.165, 1.54) is 67.4 Å². The number of rotatable bonds is 2. The maximum atomic E-state index is 12.3. The summed E-state index contributed by atoms with van der Waals surface area (Å²) in [6.45, 7) is 19.1. The van der Waals surface area contributed by atoms with E-state index in [9.17, 15) is 4.79 Å². The number of likely N-dealkylation sites (tertiary alicyclic amines) is 2. The van der Waals surface area contributed by atoms with Crippen molar-refractivity contribution in [3.05, 3.63) is 33.9 Å². The van der Waals surface area contributed by atoms with Crippen molar-refractivity contribution < 1.29 is 9.53 Å². The topological polar surface area (TPSA) is 32.8 Å². The van der Waals surface area contributed by atoms with E-state index in [1.807, 2.05) is 25.7 Å². The van der Waals surface area contributed by atoms with Crippen LogP contribution in [0.3, 0.4) is 0 Å². The predicted octanol–water partition coefficient (Wildman–Crippen LogP) is 5.89. The standard InChI is InChI=1S/C27H42N2O2/c1-18-14-24(21(4)20(3)19(18)2)22-9-12-28(13-10-22)23-8-11-27(15-23)16-29(17-27)25(30)31-26(5,6)7/h14,22-23H,8-13,15-17H2,1-7H3/t23-/m1/s1. The highest BCUT2D eigenvalue weighted by Gasteiger charge is 2.51. The third kappa shape index (κ3) is 4.51. The number of hydrogen-bond acceptors (Lipinski definition) is 3. The molecule has 3 fully saturated rings. The third-order valence-corrected chi connectivity index (χ3v) is 8.39. The maximum absolute atomic E-state index is 12.3. The quantitative estimate of drug-likeness (QED) is 0.591. The molecule has 1 aromatic carbocycles. The molecule has 0 N–H and O–H groups in total. The van der Waals surface area contributed by atoms with Crippen molar-refractivity contribution in [2.24, 2.45) is 5.41 Å². The molecule has 0 aromatic heterocycles. The van der Waals surface area contributed by atoms with Crippen molar-refractivity contribution in [2.45, 2.75) is 98.1 Å². The summed E-state index contributed by atoms with van der Waals surface area (Å²) < 4.78 is 5.55. The van der Waals surface area contributed by atoms with Crippen LogP contribution in [0.4, 0.5) is 4.79 Å². The molecule has 0 unspecified atom stereocenters. The Kier molecular flexibility index (Phi) is 5.91. The molecule has 1 amide bonds. The van der Waals surface area contributed by atoms with Crippen molar-refractivity contribution in [1.29, 1.82) is 0 Å². The molecule has 0 bridgehead atoms. The average molecular weight is 427 g/mol. The van der Waals surface area contributed by atoms with E-state index >= 15 is 0 Å². The second-order valence-corrected chi connectivity index (χ2v) is 11.7. The number of carbonyl (C=O) groups excluding carboxylic acids is 1. The maximum Gasteiger partial charge on any atom is 0.410 e. The van der Waals surface area contributed by atoms with E-state index in [4.69, 9.17) is 4.74 Å². The first-order valence-electron chi connectivity index (χ1n) is 12.3. The molecule has 4 nitrogen and oxygen atoms in total. The number of aryl methyl sites for hydroxylation is 1. The molecular formula is C27H42N2O2. The van der Waals surface area contributed by atoms with Crippen molar-refractivity contribution in [1.82, 2.24) is 9.80 Å². The zero-order chi connectivity index (χ0) is 22.6. The second-order valence-electron chi connectivity index (χ2n) is 11.7. The van der Waals surface area contributed by atoms with E-state index < -0.39 is 5.60 Å². The van der Waals surface area contributed by atoms with Crippen LogP contribution in [0.5, 0.6) is 0 Å². The zero-order valence-electron chi connectivity index (χ0n) is 20.8. The lowest BCUT2D eigenvalue weighted by molar-refractivity contribution is -0.0347. The highest BCUT2D eigenvalue weighted by atomic mass is 16.6. The number of benzene rings is 1. The lowest BCUT2D eigenvalue weighted by atomic mass is 9.78. The fraction of sp³-hybridized carbons (Fsp3) is 0.741. The van der Waals surface area contributed by atoms with Gasteiger partial charge in [0.05, 0.1) is 0 Å². The van der Waals surface area contributed by atoms with Crippen LogP contribution >= 0.6 is 0 Å². The summed E-state index contributed by atoms with van der Waals surface area (Å²) in [4.78, 5) is 17.0. The molecule has 2 saturated heterocycles. The van der Waals surface area contributed by atoms with Crippen molar-refractivity contribution >= 4 is 6.09 Å². The van der Waals surface area contributed by atoms with Gasteiger partial charge in [-0.1, -0.05) is 6.07 Å². The van der Waals surface area contributed by atoms with E-state index in [1.54, 1.807) is 5.56 Å². The van der Waals surface area contributed by atoms with Gasteiger partial charge in [0.1, 0.15) is 5.60 Å². The minimum absolute atomic E-state index is 0.138. The highest BCUT2D eigenvalue weighted by Crippen LogP contribution is 2.48. The number of nitrogens with zero attached hydrogens (tertiary/aromatic N) is 2. The Labute approximate surface area is 189 Å². The van der Waals surface area contributed by atoms with Gasteiger partial charge in [0.25, 0.3) is 0 Å². The molecule has 1 spiro atoms. The van der Waals surface area contributed by atoms with Gasteiger partial charge in [-0.2, -0.15) is 0 Å². The third-order valence-electron chi connectivity index (χ3n) is 8.39. The summed E-state index contributed by atoms with van der Waals surface area (Å²) in [6, 6.07) is 3.16. The number of ether oxygens (including phenoxy) is 1. The van der Waals surface area contributed by atoms with Crippen molar-refractivity contribution in [2.75, 3.05) is 26.2 Å². The summed E-state index contributed by atoms with van der Waals surface area (Å²) in [5.74, 6) is 0.705. The number of hydrogen-bond donors (Lipinski definition) is 0. The number of piperidine rings is 1. The predicted molar refractivity (Wildman–Crippen MR) is 127 cm³/mol. The molecular weight excluding hydrogens is 384 g/mol. The molecule has 0 radical (unpaired) electrons. The van der Waals surface area contributed by atoms with Crippen LogP contribution < -0.4 is 0 Å². The summed E-state index contributed by atoms with van der Waals surface area (Å²) >= 11 is 0. The summed E-state index contributed by atoms with van der Waals surface area (Å²) in [5, 5.41) is 0. The van der Waals surface area contributed by atoms with E-state index in [-0.39, 0.29) is 6.09 Å². The van der Waals surface area contributed by atoms with E-state index in [0.29, 0.717) is 17.4 Å². The highest BCUT2D eigenvalue weighted by molar-refractivity contribution is 5.69. The van der Waals surface area contributed by atoms with Gasteiger partial charge in [-0.25, -0.2) is 4.79 Å². The Balaban J connectivity index is 1.30. The van der Waals surface area contributed by atoms with Gasteiger partial charge < -0.3 is 14.5 Å². The van der Waals surface area contributed by atoms with Crippen LogP contribution in [0.25, 0.3) is 0 Å². The Hall–Kier alpha value is -1.55. The fourth-order valence-corrected chi connectivity index (χ4v) is 6.24. The van der Waals surface area contributed by atoms with Crippen molar-refractivity contribution in [3.8, 4) is 0 Å². The smallest absolute Gasteiger partial charge is 0.410 e. The lowest BCUT2D eigenvalue weighted by Crippen LogP contribution is -2.58. The normalized spacial score (nSPS) is 24.5. The summed E-state index contributed by atoms with van der Waals surface area (Å²) in [5.41, 5.74) is 7.42. The SMILES string of the molecule is Cc1cc(C2CCN([C@@H]3CCC4(C3)CN(C(=O)OC(C)(C)C)C4)CC2)c(C)c(C)c1C. The Morgan fingerprint density at radius 3 is 2.26 bits per heavy atom. The van der Waals surface area contributed by atoms with Gasteiger partial charge in [0.15, 0.2) is 0 Å². The zero-order valence-corrected chi connectivity index (χ0v) is 20.8. The molecule has 4 heteroatoms. The first-order valence-corrected chi connectivity index (χ1v) is 12.3. The average Bonchev–Trinajstić information content (AvgIpc) is 3.13. The number of carbonyl (C=O) groups is 1. The van der Waals surface area contributed by atoms with Crippen LogP contribution in [0.2, 0.25) is 0 Å². The first kappa shape index (κ1) is 22.6. The molecule has 1 saturated carbocycles. The molecule has 2 aliphatic heterocycles. The molecule has 3 aliphatic rings. The van der Waals surface area contributed by atoms with Gasteiger partial charge in [-0.15, -0.1) is 0 Å². The minimum Gasteiger partial charge on any atom is -0.444 e. The lowest BCUT2D eigenvalue weighted by Gasteiger charge is -2.48. The molecule has 1 aliphatic carbocycles. The molecule has 2 heterocycles. The Morgan fingerprint density at radius 2 is 1.65 bits per heavy atom. The van der Waals surface area contributed by atoms with Crippen LogP contribution in [0, 0.1) is 33.1 Å². The Bertz CT molecular complexity index is 840. The summed E-state index contributed by atoms with van der Waals surface area (Å²) in [6.07, 6.45) is 6.20. The fourth-order valence-electron chi connectivity index (χ4n) is 6.24.